The average molecular weight is 380 g/mol. The lowest BCUT2D eigenvalue weighted by Gasteiger charge is -2.30. The van der Waals surface area contributed by atoms with Gasteiger partial charge in [0.15, 0.2) is 0 Å². The number of aromatic amines is 1. The summed E-state index contributed by atoms with van der Waals surface area (Å²) in [4.78, 5) is 15.8. The molecule has 0 spiro atoms. The molecule has 3 aromatic rings. The third-order valence-corrected chi connectivity index (χ3v) is 5.88. The molecule has 6 nitrogen and oxygen atoms in total. The molecule has 2 heterocycles. The van der Waals surface area contributed by atoms with Gasteiger partial charge in [-0.05, 0) is 61.9 Å². The van der Waals surface area contributed by atoms with Crippen molar-refractivity contribution in [3.63, 3.8) is 0 Å². The van der Waals surface area contributed by atoms with E-state index in [9.17, 15) is 4.79 Å². The van der Waals surface area contributed by atoms with Gasteiger partial charge in [-0.25, -0.2) is 0 Å². The Balaban J connectivity index is 1.39. The number of benzene rings is 1. The quantitative estimate of drug-likeness (QED) is 0.681. The minimum atomic E-state index is 0.112. The molecular weight excluding hydrogens is 352 g/mol. The van der Waals surface area contributed by atoms with Gasteiger partial charge in [-0.1, -0.05) is 6.42 Å². The van der Waals surface area contributed by atoms with Crippen molar-refractivity contribution in [3.05, 3.63) is 47.9 Å². The number of rotatable bonds is 6. The number of ether oxygens (including phenoxy) is 1. The summed E-state index contributed by atoms with van der Waals surface area (Å²) in [7, 11) is 1.70. The zero-order valence-corrected chi connectivity index (χ0v) is 16.6. The normalized spacial score (nSPS) is 19.6. The Morgan fingerprint density at radius 3 is 3.04 bits per heavy atom. The third-order valence-electron chi connectivity index (χ3n) is 5.88. The second kappa shape index (κ2) is 8.09. The summed E-state index contributed by atoms with van der Waals surface area (Å²) in [6, 6.07) is 8.35. The van der Waals surface area contributed by atoms with Crippen molar-refractivity contribution in [2.24, 2.45) is 0 Å². The summed E-state index contributed by atoms with van der Waals surface area (Å²) in [6.45, 7) is 2.63. The van der Waals surface area contributed by atoms with E-state index in [1.54, 1.807) is 13.3 Å². The highest BCUT2D eigenvalue weighted by Crippen LogP contribution is 2.37. The van der Waals surface area contributed by atoms with E-state index in [1.807, 2.05) is 23.7 Å². The number of carbonyl (C=O) groups excluding carboxylic acids is 1. The Kier molecular flexibility index (Phi) is 5.37. The molecule has 1 saturated carbocycles. The Morgan fingerprint density at radius 1 is 1.36 bits per heavy atom. The van der Waals surface area contributed by atoms with Gasteiger partial charge in [-0.15, -0.1) is 0 Å². The van der Waals surface area contributed by atoms with Gasteiger partial charge >= 0.3 is 0 Å². The number of methoxy groups -OCH3 is 1. The van der Waals surface area contributed by atoms with Gasteiger partial charge < -0.3 is 15.0 Å². The Hall–Kier alpha value is -2.76. The Bertz CT molecular complexity index is 959. The SMILES string of the molecule is COc1ccc2[nH]cc([C@@H]3CCC[C@H](NC(=O)CCn4nccc4C)C3)c2c1. The molecule has 28 heavy (non-hydrogen) atoms. The fraction of sp³-hybridized carbons (Fsp3) is 0.455. The number of amides is 1. The van der Waals surface area contributed by atoms with Gasteiger partial charge in [-0.2, -0.15) is 5.10 Å². The summed E-state index contributed by atoms with van der Waals surface area (Å²) in [6.07, 6.45) is 8.68. The molecule has 1 aliphatic rings. The lowest BCUT2D eigenvalue weighted by atomic mass is 9.81. The van der Waals surface area contributed by atoms with Crippen LogP contribution in [0.3, 0.4) is 0 Å². The summed E-state index contributed by atoms with van der Waals surface area (Å²) in [5.74, 6) is 1.44. The van der Waals surface area contributed by atoms with Crippen LogP contribution in [0, 0.1) is 6.92 Å². The van der Waals surface area contributed by atoms with Crippen LogP contribution < -0.4 is 10.1 Å². The van der Waals surface area contributed by atoms with E-state index in [4.69, 9.17) is 4.74 Å². The molecule has 148 valence electrons. The summed E-state index contributed by atoms with van der Waals surface area (Å²) in [5.41, 5.74) is 3.55. The van der Waals surface area contributed by atoms with Crippen LogP contribution in [-0.4, -0.2) is 33.8 Å². The highest BCUT2D eigenvalue weighted by Gasteiger charge is 2.26. The Labute approximate surface area is 165 Å². The maximum absolute atomic E-state index is 12.4. The van der Waals surface area contributed by atoms with Crippen LogP contribution in [0.5, 0.6) is 5.75 Å². The van der Waals surface area contributed by atoms with E-state index in [0.717, 1.165) is 42.6 Å². The van der Waals surface area contributed by atoms with Crippen molar-refractivity contribution in [1.82, 2.24) is 20.1 Å². The summed E-state index contributed by atoms with van der Waals surface area (Å²) in [5, 5.41) is 8.72. The number of aryl methyl sites for hydroxylation is 2. The van der Waals surface area contributed by atoms with Crippen LogP contribution in [0.25, 0.3) is 10.9 Å². The molecule has 4 rings (SSSR count). The molecule has 1 aromatic carbocycles. The van der Waals surface area contributed by atoms with Crippen molar-refractivity contribution in [3.8, 4) is 5.75 Å². The number of aromatic nitrogens is 3. The van der Waals surface area contributed by atoms with E-state index < -0.39 is 0 Å². The molecule has 0 saturated heterocycles. The van der Waals surface area contributed by atoms with E-state index in [0.29, 0.717) is 18.9 Å². The topological polar surface area (TPSA) is 71.9 Å². The highest BCUT2D eigenvalue weighted by atomic mass is 16.5. The third kappa shape index (κ3) is 3.91. The zero-order valence-electron chi connectivity index (χ0n) is 16.6. The molecule has 1 aliphatic carbocycles. The number of carbonyl (C=O) groups is 1. The second-order valence-electron chi connectivity index (χ2n) is 7.73. The summed E-state index contributed by atoms with van der Waals surface area (Å²) >= 11 is 0. The summed E-state index contributed by atoms with van der Waals surface area (Å²) < 4.78 is 7.27. The van der Waals surface area contributed by atoms with Crippen molar-refractivity contribution >= 4 is 16.8 Å². The van der Waals surface area contributed by atoms with Gasteiger partial charge in [0, 0.05) is 48.0 Å². The lowest BCUT2D eigenvalue weighted by molar-refractivity contribution is -0.122. The predicted molar refractivity (Wildman–Crippen MR) is 110 cm³/mol. The fourth-order valence-corrected chi connectivity index (χ4v) is 4.33. The largest absolute Gasteiger partial charge is 0.497 e. The molecule has 2 N–H and O–H groups in total. The van der Waals surface area contributed by atoms with Crippen molar-refractivity contribution in [2.75, 3.05) is 7.11 Å². The van der Waals surface area contributed by atoms with Gasteiger partial charge in [0.05, 0.1) is 7.11 Å². The van der Waals surface area contributed by atoms with E-state index in [1.165, 1.54) is 10.9 Å². The number of nitrogens with one attached hydrogen (secondary N) is 2. The van der Waals surface area contributed by atoms with Crippen LogP contribution in [-0.2, 0) is 11.3 Å². The second-order valence-corrected chi connectivity index (χ2v) is 7.73. The van der Waals surface area contributed by atoms with Crippen LogP contribution in [0.4, 0.5) is 0 Å². The number of hydrogen-bond donors (Lipinski definition) is 2. The average Bonchev–Trinajstić information content (AvgIpc) is 3.31. The van der Waals surface area contributed by atoms with E-state index >= 15 is 0 Å². The van der Waals surface area contributed by atoms with E-state index in [-0.39, 0.29) is 11.9 Å². The maximum Gasteiger partial charge on any atom is 0.222 e. The number of fused-ring (bicyclic) bond motifs is 1. The number of H-pyrrole nitrogens is 1. The molecule has 2 atom stereocenters. The van der Waals surface area contributed by atoms with Crippen LogP contribution in [0.2, 0.25) is 0 Å². The minimum Gasteiger partial charge on any atom is -0.497 e. The van der Waals surface area contributed by atoms with Crippen LogP contribution >= 0.6 is 0 Å². The van der Waals surface area contributed by atoms with Gasteiger partial charge in [0.2, 0.25) is 5.91 Å². The molecular formula is C22H28N4O2. The number of hydrogen-bond acceptors (Lipinski definition) is 3. The van der Waals surface area contributed by atoms with Gasteiger partial charge in [0.25, 0.3) is 0 Å². The standard InChI is InChI=1S/C22H28N4O2/c1-15-8-10-24-26(15)11-9-22(27)25-17-5-3-4-16(12-17)20-14-23-21-7-6-18(28-2)13-19(20)21/h6-8,10,13-14,16-17,23H,3-5,9,11-12H2,1-2H3,(H,25,27)/t16-,17+/m1/s1. The van der Waals surface area contributed by atoms with Crippen molar-refractivity contribution < 1.29 is 9.53 Å². The molecule has 0 unspecified atom stereocenters. The predicted octanol–water partition coefficient (Wildman–Crippen LogP) is 3.91. The molecule has 0 radical (unpaired) electrons. The first kappa shape index (κ1) is 18.6. The van der Waals surface area contributed by atoms with E-state index in [2.05, 4.69) is 33.7 Å². The maximum atomic E-state index is 12.4. The minimum absolute atomic E-state index is 0.112. The van der Waals surface area contributed by atoms with Gasteiger partial charge in [-0.3, -0.25) is 9.48 Å². The monoisotopic (exact) mass is 380 g/mol. The molecule has 2 aromatic heterocycles. The van der Waals surface area contributed by atoms with Crippen molar-refractivity contribution in [1.29, 1.82) is 0 Å². The van der Waals surface area contributed by atoms with Crippen LogP contribution in [0.15, 0.2) is 36.7 Å². The molecule has 0 bridgehead atoms. The first-order valence-corrected chi connectivity index (χ1v) is 10.1. The smallest absolute Gasteiger partial charge is 0.222 e. The lowest BCUT2D eigenvalue weighted by Crippen LogP contribution is -2.38. The zero-order chi connectivity index (χ0) is 19.5. The first-order valence-electron chi connectivity index (χ1n) is 10.1. The molecule has 6 heteroatoms. The highest BCUT2D eigenvalue weighted by molar-refractivity contribution is 5.85. The van der Waals surface area contributed by atoms with Gasteiger partial charge in [0.1, 0.15) is 5.75 Å². The van der Waals surface area contributed by atoms with Crippen LogP contribution in [0.1, 0.15) is 49.3 Å². The molecule has 0 aliphatic heterocycles. The fourth-order valence-electron chi connectivity index (χ4n) is 4.33. The number of nitrogens with zero attached hydrogens (tertiary/aromatic N) is 2. The first-order chi connectivity index (χ1) is 13.6. The molecule has 1 fully saturated rings. The Morgan fingerprint density at radius 2 is 2.25 bits per heavy atom. The molecule has 1 amide bonds. The van der Waals surface area contributed by atoms with Crippen molar-refractivity contribution in [2.45, 2.75) is 57.5 Å².